The van der Waals surface area contributed by atoms with Crippen molar-refractivity contribution in [1.29, 1.82) is 0 Å². The van der Waals surface area contributed by atoms with Gasteiger partial charge in [-0.1, -0.05) is 42.5 Å². The van der Waals surface area contributed by atoms with Gasteiger partial charge in [0.1, 0.15) is 5.75 Å². The number of fused-ring (bicyclic) bond motifs is 2. The molecule has 18 heavy (non-hydrogen) atoms. The first-order chi connectivity index (χ1) is 8.85. The minimum Gasteiger partial charge on any atom is -0.495 e. The first-order valence-electron chi connectivity index (χ1n) is 5.79. The van der Waals surface area contributed by atoms with Gasteiger partial charge < -0.3 is 4.74 Å². The van der Waals surface area contributed by atoms with Gasteiger partial charge >= 0.3 is 0 Å². The monoisotopic (exact) mass is 236 g/mol. The maximum absolute atomic E-state index is 11.1. The van der Waals surface area contributed by atoms with E-state index in [0.717, 1.165) is 33.6 Å². The van der Waals surface area contributed by atoms with Crippen molar-refractivity contribution in [1.82, 2.24) is 0 Å². The molecule has 0 bridgehead atoms. The predicted molar refractivity (Wildman–Crippen MR) is 73.4 cm³/mol. The molecule has 0 N–H and O–H groups in total. The number of methoxy groups -OCH3 is 1. The maximum atomic E-state index is 11.1. The van der Waals surface area contributed by atoms with Crippen molar-refractivity contribution < 1.29 is 9.53 Å². The van der Waals surface area contributed by atoms with Gasteiger partial charge in [0.05, 0.1) is 7.11 Å². The van der Waals surface area contributed by atoms with Gasteiger partial charge in [0, 0.05) is 16.3 Å². The van der Waals surface area contributed by atoms with E-state index in [-0.39, 0.29) is 0 Å². The van der Waals surface area contributed by atoms with Crippen LogP contribution in [0.3, 0.4) is 0 Å². The summed E-state index contributed by atoms with van der Waals surface area (Å²) in [6.45, 7) is 0. The molecule has 0 aromatic heterocycles. The van der Waals surface area contributed by atoms with Crippen LogP contribution in [0.1, 0.15) is 10.4 Å². The molecule has 0 heterocycles. The van der Waals surface area contributed by atoms with Gasteiger partial charge in [0.15, 0.2) is 6.29 Å². The number of hydrogen-bond acceptors (Lipinski definition) is 2. The number of rotatable bonds is 2. The van der Waals surface area contributed by atoms with Gasteiger partial charge in [-0.3, -0.25) is 4.79 Å². The van der Waals surface area contributed by atoms with Gasteiger partial charge in [-0.05, 0) is 16.8 Å². The van der Waals surface area contributed by atoms with Gasteiger partial charge in [0.2, 0.25) is 0 Å². The summed E-state index contributed by atoms with van der Waals surface area (Å²) in [5, 5.41) is 4.05. The van der Waals surface area contributed by atoms with Gasteiger partial charge in [-0.2, -0.15) is 0 Å². The molecule has 0 atom stereocenters. The fraction of sp³-hybridized carbons (Fsp3) is 0.0625. The lowest BCUT2D eigenvalue weighted by Gasteiger charge is -2.11. The van der Waals surface area contributed by atoms with E-state index in [2.05, 4.69) is 0 Å². The predicted octanol–water partition coefficient (Wildman–Crippen LogP) is 3.81. The SMILES string of the molecule is COc1c2ccccc2cc2c(C=O)cccc12. The van der Waals surface area contributed by atoms with Gasteiger partial charge in [-0.15, -0.1) is 0 Å². The Kier molecular flexibility index (Phi) is 2.49. The number of carbonyl (C=O) groups excluding carboxylic acids is 1. The number of hydrogen-bond donors (Lipinski definition) is 0. The molecule has 2 nitrogen and oxygen atoms in total. The van der Waals surface area contributed by atoms with Crippen LogP contribution in [0.2, 0.25) is 0 Å². The van der Waals surface area contributed by atoms with E-state index in [1.165, 1.54) is 0 Å². The van der Waals surface area contributed by atoms with E-state index in [4.69, 9.17) is 4.74 Å². The highest BCUT2D eigenvalue weighted by molar-refractivity contribution is 6.10. The molecular formula is C16H12O2. The van der Waals surface area contributed by atoms with Crippen LogP contribution >= 0.6 is 0 Å². The minimum absolute atomic E-state index is 0.691. The maximum Gasteiger partial charge on any atom is 0.150 e. The summed E-state index contributed by atoms with van der Waals surface area (Å²) >= 11 is 0. The molecule has 0 radical (unpaired) electrons. The van der Waals surface area contributed by atoms with E-state index in [1.807, 2.05) is 48.5 Å². The van der Waals surface area contributed by atoms with Crippen LogP contribution in [0.15, 0.2) is 48.5 Å². The summed E-state index contributed by atoms with van der Waals surface area (Å²) in [6, 6.07) is 15.7. The Labute approximate surface area is 105 Å². The Morgan fingerprint density at radius 2 is 1.72 bits per heavy atom. The highest BCUT2D eigenvalue weighted by Crippen LogP contribution is 2.35. The van der Waals surface area contributed by atoms with Crippen LogP contribution < -0.4 is 4.74 Å². The molecule has 0 aliphatic carbocycles. The van der Waals surface area contributed by atoms with E-state index in [0.29, 0.717) is 5.56 Å². The first-order valence-corrected chi connectivity index (χ1v) is 5.79. The van der Waals surface area contributed by atoms with E-state index >= 15 is 0 Å². The topological polar surface area (TPSA) is 26.3 Å². The minimum atomic E-state index is 0.691. The van der Waals surface area contributed by atoms with Gasteiger partial charge in [0.25, 0.3) is 0 Å². The molecule has 3 rings (SSSR count). The Morgan fingerprint density at radius 1 is 0.944 bits per heavy atom. The molecule has 3 aromatic carbocycles. The zero-order valence-corrected chi connectivity index (χ0v) is 10.0. The van der Waals surface area contributed by atoms with Crippen molar-refractivity contribution in [2.75, 3.05) is 7.11 Å². The van der Waals surface area contributed by atoms with Crippen molar-refractivity contribution >= 4 is 27.8 Å². The van der Waals surface area contributed by atoms with Crippen molar-refractivity contribution in [3.05, 3.63) is 54.1 Å². The smallest absolute Gasteiger partial charge is 0.150 e. The summed E-state index contributed by atoms with van der Waals surface area (Å²) < 4.78 is 5.52. The lowest BCUT2D eigenvalue weighted by molar-refractivity contribution is 0.112. The van der Waals surface area contributed by atoms with E-state index in [1.54, 1.807) is 7.11 Å². The van der Waals surface area contributed by atoms with Crippen LogP contribution in [-0.2, 0) is 0 Å². The third-order valence-electron chi connectivity index (χ3n) is 3.22. The fourth-order valence-electron chi connectivity index (χ4n) is 2.40. The second-order valence-corrected chi connectivity index (χ2v) is 4.19. The molecule has 0 amide bonds. The van der Waals surface area contributed by atoms with Crippen LogP contribution in [0, 0.1) is 0 Å². The second kappa shape index (κ2) is 4.15. The molecule has 88 valence electrons. The average Bonchev–Trinajstić information content (AvgIpc) is 2.44. The van der Waals surface area contributed by atoms with Crippen LogP contribution in [-0.4, -0.2) is 13.4 Å². The normalized spacial score (nSPS) is 10.7. The lowest BCUT2D eigenvalue weighted by Crippen LogP contribution is -1.90. The highest BCUT2D eigenvalue weighted by Gasteiger charge is 2.09. The summed E-state index contributed by atoms with van der Waals surface area (Å²) in [5.41, 5.74) is 0.691. The molecule has 0 aliphatic rings. The van der Waals surface area contributed by atoms with Crippen molar-refractivity contribution in [3.8, 4) is 5.75 Å². The van der Waals surface area contributed by atoms with E-state index < -0.39 is 0 Å². The van der Waals surface area contributed by atoms with Crippen LogP contribution in [0.4, 0.5) is 0 Å². The molecule has 2 heteroatoms. The Balaban J connectivity index is 2.57. The quantitative estimate of drug-likeness (QED) is 0.499. The zero-order chi connectivity index (χ0) is 12.5. The third kappa shape index (κ3) is 1.46. The van der Waals surface area contributed by atoms with E-state index in [9.17, 15) is 4.79 Å². The number of ether oxygens (including phenoxy) is 1. The van der Waals surface area contributed by atoms with Crippen molar-refractivity contribution in [2.45, 2.75) is 0 Å². The molecule has 0 fully saturated rings. The largest absolute Gasteiger partial charge is 0.495 e. The van der Waals surface area contributed by atoms with Gasteiger partial charge in [-0.25, -0.2) is 0 Å². The highest BCUT2D eigenvalue weighted by atomic mass is 16.5. The standard InChI is InChI=1S/C16H12O2/c1-18-16-13-7-3-2-5-11(13)9-15-12(10-17)6-4-8-14(15)16/h2-10H,1H3. The zero-order valence-electron chi connectivity index (χ0n) is 10.0. The van der Waals surface area contributed by atoms with Crippen molar-refractivity contribution in [2.24, 2.45) is 0 Å². The average molecular weight is 236 g/mol. The molecular weight excluding hydrogens is 224 g/mol. The third-order valence-corrected chi connectivity index (χ3v) is 3.22. The van der Waals surface area contributed by atoms with Crippen LogP contribution in [0.25, 0.3) is 21.5 Å². The molecule has 0 saturated heterocycles. The number of benzene rings is 3. The Hall–Kier alpha value is -2.35. The molecule has 3 aromatic rings. The first kappa shape index (κ1) is 10.8. The molecule has 0 aliphatic heterocycles. The lowest BCUT2D eigenvalue weighted by atomic mass is 9.99. The summed E-state index contributed by atoms with van der Waals surface area (Å²) in [7, 11) is 1.66. The molecule has 0 spiro atoms. The number of aldehydes is 1. The summed E-state index contributed by atoms with van der Waals surface area (Å²) in [4.78, 5) is 11.1. The van der Waals surface area contributed by atoms with Crippen LogP contribution in [0.5, 0.6) is 5.75 Å². The molecule has 0 saturated carbocycles. The van der Waals surface area contributed by atoms with Crippen molar-refractivity contribution in [3.63, 3.8) is 0 Å². The summed E-state index contributed by atoms with van der Waals surface area (Å²) in [5.74, 6) is 0.826. The Bertz CT molecular complexity index is 745. The molecule has 0 unspecified atom stereocenters. The summed E-state index contributed by atoms with van der Waals surface area (Å²) in [6.07, 6.45) is 0.885. The number of carbonyl (C=O) groups is 1. The second-order valence-electron chi connectivity index (χ2n) is 4.19. The Morgan fingerprint density at radius 3 is 2.50 bits per heavy atom. The fourth-order valence-corrected chi connectivity index (χ4v) is 2.40.